The van der Waals surface area contributed by atoms with E-state index in [4.69, 9.17) is 30.8 Å². The van der Waals surface area contributed by atoms with E-state index in [0.29, 0.717) is 45.5 Å². The number of carbonyl (C=O) groups excluding carboxylic acids is 1. The second kappa shape index (κ2) is 22.0. The van der Waals surface area contributed by atoms with E-state index in [9.17, 15) is 10.1 Å². The third-order valence-electron chi connectivity index (χ3n) is 21.9. The second-order valence-electron chi connectivity index (χ2n) is 27.5. The monoisotopic (exact) mass is 1110 g/mol. The van der Waals surface area contributed by atoms with Crippen LogP contribution in [0.15, 0.2) is 47.5 Å². The van der Waals surface area contributed by atoms with Gasteiger partial charge in [0.25, 0.3) is 0 Å². The van der Waals surface area contributed by atoms with Gasteiger partial charge in [0.2, 0.25) is 12.2 Å². The largest absolute Gasteiger partial charge is 0.490 e. The number of fused-ring (bicyclic) bond motifs is 3. The first-order valence-electron chi connectivity index (χ1n) is 30.7. The first-order valence-corrected chi connectivity index (χ1v) is 31.9. The van der Waals surface area contributed by atoms with Crippen LogP contribution in [0.4, 0.5) is 0 Å². The lowest BCUT2D eigenvalue weighted by molar-refractivity contribution is -0.971. The summed E-state index contributed by atoms with van der Waals surface area (Å²) >= 11 is 8.66. The fourth-order valence-corrected chi connectivity index (χ4v) is 20.2. The molecule has 7 aliphatic heterocycles. The molecule has 10 atom stereocenters. The molecule has 14 nitrogen and oxygen atoms in total. The fourth-order valence-electron chi connectivity index (χ4n) is 17.7. The summed E-state index contributed by atoms with van der Waals surface area (Å²) in [6, 6.07) is 16.5. The lowest BCUT2D eigenvalue weighted by atomic mass is 9.49. The van der Waals surface area contributed by atoms with Crippen LogP contribution in [0.25, 0.3) is 0 Å². The highest BCUT2D eigenvalue weighted by atomic mass is 35.5. The summed E-state index contributed by atoms with van der Waals surface area (Å²) in [6.07, 6.45) is 19.2. The van der Waals surface area contributed by atoms with Gasteiger partial charge in [0, 0.05) is 71.9 Å². The van der Waals surface area contributed by atoms with Crippen molar-refractivity contribution in [1.82, 2.24) is 36.6 Å². The number of nitriles is 1. The standard InChI is InChI=1S/C62H91ClN10O4S/c1-39-51-52(67-49(33-50-65-26-31-75-50)53-70-69-40(2)72(53)55(51)78-61(39,7)44-16-12-8-9-13-17-44)41-18-21-45(22-19-41)76-47-34-62(35-47)24-27-71(28-25-62)58-66-37-43(38-73(58)29-14-10-11-15-30-73)54(74)68-56-59(3,4)57(60(56,5)6)77-46-23-20-42(36-64)48(63)32-46/h18-23,32,39-40,43-44,47,49-51,53,55-58,65-66,69-70H,8-17,24-31,33-35,37-38H2,1-7H3/p+1/t39?,40?,43?,49-,50?,51?,53?,55?,56?,57?,58?,61?/m0/s1. The van der Waals surface area contributed by atoms with Crippen LogP contribution < -0.4 is 36.3 Å². The molecule has 2 aromatic rings. The minimum atomic E-state index is -0.307. The predicted molar refractivity (Wildman–Crippen MR) is 310 cm³/mol. The van der Waals surface area contributed by atoms with Gasteiger partial charge in [0.15, 0.2) is 0 Å². The summed E-state index contributed by atoms with van der Waals surface area (Å²) in [7, 11) is 0. The average molecular weight is 1110 g/mol. The summed E-state index contributed by atoms with van der Waals surface area (Å²) < 4.78 is 20.8. The van der Waals surface area contributed by atoms with Gasteiger partial charge in [0.05, 0.1) is 72.6 Å². The van der Waals surface area contributed by atoms with Crippen molar-refractivity contribution in [1.29, 1.82) is 5.26 Å². The van der Waals surface area contributed by atoms with Crippen LogP contribution in [-0.2, 0) is 9.53 Å². The number of hydrogen-bond acceptors (Lipinski definition) is 13. The molecule has 1 amide bonds. The fraction of sp³-hybridized carbons (Fsp3) is 0.758. The number of thioether (sulfide) groups is 1. The number of carbonyl (C=O) groups is 1. The zero-order valence-corrected chi connectivity index (χ0v) is 49.5. The Kier molecular flexibility index (Phi) is 15.6. The Morgan fingerprint density at radius 3 is 2.27 bits per heavy atom. The minimum absolute atomic E-state index is 0.0156. The Morgan fingerprint density at radius 2 is 1.60 bits per heavy atom. The zero-order chi connectivity index (χ0) is 54.2. The number of benzene rings is 2. The molecule has 6 saturated heterocycles. The second-order valence-corrected chi connectivity index (χ2v) is 29.5. The molecule has 0 aromatic heterocycles. The summed E-state index contributed by atoms with van der Waals surface area (Å²) in [6.45, 7) is 23.9. The molecule has 426 valence electrons. The number of aliphatic imine (C=N–C) groups is 1. The van der Waals surface area contributed by atoms with Crippen molar-refractivity contribution in [2.75, 3.05) is 52.4 Å². The number of nitrogens with one attached hydrogen (secondary N) is 5. The SMILES string of the molecule is CC1NNC2[C@H](CC3NCCO3)N=C(c3ccc(OC4CC5(CCN(C6NCC(C(=O)NC7C(C)(C)C(Oc8ccc(C#N)c(Cl)c8)C7(C)C)C[N+]67CCCCCC7)CC5)C4)cc3)C3C(SC(C)(C4CCCCCC4)C3C)N12. The number of halogens is 1. The number of nitrogens with zero attached hydrogens (tertiary/aromatic N) is 5. The number of quaternary nitrogens is 1. The zero-order valence-electron chi connectivity index (χ0n) is 48.0. The maximum Gasteiger partial charge on any atom is 0.230 e. The molecule has 9 unspecified atom stereocenters. The number of hydrogen-bond donors (Lipinski definition) is 5. The highest BCUT2D eigenvalue weighted by Crippen LogP contribution is 2.61. The molecule has 2 aromatic carbocycles. The molecule has 9 fully saturated rings. The molecule has 3 aliphatic carbocycles. The molecule has 0 radical (unpaired) electrons. The average Bonchev–Trinajstić information content (AvgIpc) is 3.61. The summed E-state index contributed by atoms with van der Waals surface area (Å²) in [5, 5.41) is 21.3. The van der Waals surface area contributed by atoms with Crippen molar-refractivity contribution in [3.63, 3.8) is 0 Å². The van der Waals surface area contributed by atoms with Crippen LogP contribution in [0.2, 0.25) is 5.02 Å². The third-order valence-corrected chi connectivity index (χ3v) is 24.2. The van der Waals surface area contributed by atoms with Gasteiger partial charge in [-0.1, -0.05) is 71.9 Å². The molecule has 78 heavy (non-hydrogen) atoms. The number of ether oxygens (including phenoxy) is 3. The molecule has 3 saturated carbocycles. The topological polar surface area (TPSA) is 148 Å². The van der Waals surface area contributed by atoms with Crippen LogP contribution >= 0.6 is 23.4 Å². The van der Waals surface area contributed by atoms with Crippen molar-refractivity contribution in [3.05, 3.63) is 58.6 Å². The lowest BCUT2D eigenvalue weighted by Crippen LogP contribution is -2.77. The van der Waals surface area contributed by atoms with Crippen LogP contribution in [0.1, 0.15) is 156 Å². The van der Waals surface area contributed by atoms with E-state index in [1.54, 1.807) is 12.1 Å². The van der Waals surface area contributed by atoms with E-state index in [1.807, 2.05) is 6.07 Å². The van der Waals surface area contributed by atoms with E-state index < -0.39 is 0 Å². The molecule has 10 aliphatic rings. The van der Waals surface area contributed by atoms with E-state index >= 15 is 0 Å². The van der Waals surface area contributed by atoms with Gasteiger partial charge in [-0.25, -0.2) is 15.8 Å². The van der Waals surface area contributed by atoms with Crippen LogP contribution in [0.3, 0.4) is 0 Å². The van der Waals surface area contributed by atoms with Crippen LogP contribution in [0, 0.1) is 51.2 Å². The number of rotatable bonds is 11. The van der Waals surface area contributed by atoms with Crippen molar-refractivity contribution in [2.24, 2.45) is 44.9 Å². The highest BCUT2D eigenvalue weighted by Gasteiger charge is 2.65. The molecule has 16 heteroatoms. The first-order chi connectivity index (χ1) is 37.5. The molecular formula is C62H92ClN10O4S+. The third kappa shape index (κ3) is 10.2. The Morgan fingerprint density at radius 1 is 0.910 bits per heavy atom. The Balaban J connectivity index is 0.683. The van der Waals surface area contributed by atoms with Crippen LogP contribution in [0.5, 0.6) is 11.5 Å². The van der Waals surface area contributed by atoms with Crippen molar-refractivity contribution in [2.45, 2.75) is 204 Å². The maximum atomic E-state index is 14.5. The van der Waals surface area contributed by atoms with Crippen LogP contribution in [-0.4, -0.2) is 138 Å². The number of likely N-dealkylation sites (tertiary alicyclic amines) is 1. The predicted octanol–water partition coefficient (Wildman–Crippen LogP) is 9.37. The van der Waals surface area contributed by atoms with Gasteiger partial charge in [0.1, 0.15) is 29.9 Å². The minimum Gasteiger partial charge on any atom is -0.490 e. The van der Waals surface area contributed by atoms with E-state index in [-0.39, 0.29) is 76.5 Å². The van der Waals surface area contributed by atoms with E-state index in [2.05, 4.69) is 127 Å². The van der Waals surface area contributed by atoms with Gasteiger partial charge in [-0.05, 0) is 137 Å². The van der Waals surface area contributed by atoms with Gasteiger partial charge >= 0.3 is 0 Å². The molecule has 5 N–H and O–H groups in total. The maximum absolute atomic E-state index is 14.5. The first kappa shape index (κ1) is 55.5. The normalized spacial score (nSPS) is 37.6. The van der Waals surface area contributed by atoms with Gasteiger partial charge in [-0.2, -0.15) is 5.26 Å². The Hall–Kier alpha value is -3.01. The molecule has 7 heterocycles. The van der Waals surface area contributed by atoms with E-state index in [1.165, 1.54) is 88.3 Å². The Bertz CT molecular complexity index is 2520. The molecular weight excluding hydrogens is 1020 g/mol. The summed E-state index contributed by atoms with van der Waals surface area (Å²) in [5.41, 5.74) is 10.1. The number of hydrazine groups is 1. The van der Waals surface area contributed by atoms with Gasteiger partial charge < -0.3 is 19.5 Å². The molecule has 12 rings (SSSR count). The quantitative estimate of drug-likeness (QED) is 0.108. The molecule has 2 spiro atoms. The smallest absolute Gasteiger partial charge is 0.230 e. The lowest BCUT2D eigenvalue weighted by Gasteiger charge is -2.63. The van der Waals surface area contributed by atoms with Crippen molar-refractivity contribution < 1.29 is 23.5 Å². The highest BCUT2D eigenvalue weighted by molar-refractivity contribution is 8.01. The Labute approximate surface area is 475 Å². The van der Waals surface area contributed by atoms with Crippen molar-refractivity contribution in [3.8, 4) is 17.6 Å². The summed E-state index contributed by atoms with van der Waals surface area (Å²) in [4.78, 5) is 25.9. The number of piperidine rings is 1. The number of amides is 1. The van der Waals surface area contributed by atoms with Gasteiger partial charge in [-0.15, -0.1) is 11.8 Å². The molecule has 0 bridgehead atoms. The van der Waals surface area contributed by atoms with Crippen molar-refractivity contribution >= 4 is 35.0 Å². The summed E-state index contributed by atoms with van der Waals surface area (Å²) in [5.74, 6) is 3.18. The van der Waals surface area contributed by atoms with Gasteiger partial charge in [-0.3, -0.25) is 29.8 Å². The van der Waals surface area contributed by atoms with E-state index in [0.717, 1.165) is 81.3 Å².